The number of nitrogens with one attached hydrogen (secondary N) is 2. The summed E-state index contributed by atoms with van der Waals surface area (Å²) in [5.41, 5.74) is -1.30. The number of carbonyl (C=O) groups excluding carboxylic acids is 2. The molecule has 0 fully saturated rings. The highest BCUT2D eigenvalue weighted by atomic mass is 35.5. The van der Waals surface area contributed by atoms with E-state index in [1.54, 1.807) is 5.32 Å². The Morgan fingerprint density at radius 2 is 1.72 bits per heavy atom. The predicted octanol–water partition coefficient (Wildman–Crippen LogP) is 4.55. The molecule has 0 radical (unpaired) electrons. The fourth-order valence-corrected chi connectivity index (χ4v) is 3.11. The van der Waals surface area contributed by atoms with Gasteiger partial charge in [0.2, 0.25) is 0 Å². The lowest BCUT2D eigenvalue weighted by atomic mass is 10.2. The minimum absolute atomic E-state index is 0.261. The first kappa shape index (κ1) is 22.7. The van der Waals surface area contributed by atoms with Crippen molar-refractivity contribution in [2.45, 2.75) is 16.6 Å². The van der Waals surface area contributed by atoms with E-state index in [0.29, 0.717) is 12.1 Å². The van der Waals surface area contributed by atoms with Crippen LogP contribution in [-0.4, -0.2) is 27.8 Å². The molecule has 2 aromatic rings. The lowest BCUT2D eigenvalue weighted by Gasteiger charge is -2.15. The monoisotopic (exact) mass is 458 g/mol. The van der Waals surface area contributed by atoms with Crippen LogP contribution in [0.5, 0.6) is 0 Å². The quantitative estimate of drug-likeness (QED) is 0.646. The number of urea groups is 1. The van der Waals surface area contributed by atoms with Gasteiger partial charge in [0, 0.05) is 4.90 Å². The minimum Gasteiger partial charge on any atom is -0.305 e. The molecule has 156 valence electrons. The highest BCUT2D eigenvalue weighted by Gasteiger charge is 2.48. The molecule has 13 heteroatoms. The molecule has 0 saturated heterocycles. The normalized spacial score (nSPS) is 12.6. The van der Waals surface area contributed by atoms with Crippen LogP contribution in [0, 0.1) is 11.6 Å². The fourth-order valence-electron chi connectivity index (χ4n) is 1.98. The van der Waals surface area contributed by atoms with E-state index in [9.17, 15) is 40.1 Å². The topological polar surface area (TPSA) is 75.3 Å². The number of anilines is 1. The number of carbonyl (C=O) groups is 2. The maximum Gasteiger partial charge on any atom is 0.384 e. The van der Waals surface area contributed by atoms with E-state index in [-0.39, 0.29) is 11.1 Å². The van der Waals surface area contributed by atoms with E-state index in [0.717, 1.165) is 6.07 Å². The number of hydrogen-bond acceptors (Lipinski definition) is 3. The molecule has 2 N–H and O–H groups in total. The number of rotatable bonds is 5. The molecule has 2 rings (SSSR count). The molecule has 2 aromatic carbocycles. The summed E-state index contributed by atoms with van der Waals surface area (Å²) in [7, 11) is -3.56. The molecular formula is C16H9ClF6N2O3S. The Bertz CT molecular complexity index is 969. The van der Waals surface area contributed by atoms with Gasteiger partial charge in [-0.05, 0) is 30.3 Å². The first-order valence-electron chi connectivity index (χ1n) is 7.39. The highest BCUT2D eigenvalue weighted by Crippen LogP contribution is 2.32. The first-order chi connectivity index (χ1) is 13.4. The Kier molecular flexibility index (Phi) is 6.90. The van der Waals surface area contributed by atoms with Crippen LogP contribution in [0.2, 0.25) is 5.02 Å². The maximum absolute atomic E-state index is 14.0. The van der Waals surface area contributed by atoms with Crippen molar-refractivity contribution in [1.82, 2.24) is 5.32 Å². The van der Waals surface area contributed by atoms with Crippen molar-refractivity contribution in [2.24, 2.45) is 0 Å². The van der Waals surface area contributed by atoms with E-state index < -0.39 is 62.2 Å². The van der Waals surface area contributed by atoms with Crippen molar-refractivity contribution in [3.05, 3.63) is 58.6 Å². The average molecular weight is 459 g/mol. The third-order valence-corrected chi connectivity index (χ3v) is 4.99. The number of benzene rings is 2. The minimum atomic E-state index is -4.91. The zero-order valence-electron chi connectivity index (χ0n) is 13.8. The van der Waals surface area contributed by atoms with E-state index in [1.807, 2.05) is 5.32 Å². The summed E-state index contributed by atoms with van der Waals surface area (Å²) < 4.78 is 89.8. The largest absolute Gasteiger partial charge is 0.384 e. The second kappa shape index (κ2) is 8.82. The Morgan fingerprint density at radius 3 is 2.28 bits per heavy atom. The predicted molar refractivity (Wildman–Crippen MR) is 91.7 cm³/mol. The van der Waals surface area contributed by atoms with Crippen molar-refractivity contribution in [1.29, 1.82) is 0 Å². The van der Waals surface area contributed by atoms with Gasteiger partial charge in [-0.1, -0.05) is 17.7 Å². The molecular weight excluding hydrogens is 450 g/mol. The number of amides is 3. The summed E-state index contributed by atoms with van der Waals surface area (Å²) in [6.07, 6.45) is -4.24. The Morgan fingerprint density at radius 1 is 1.07 bits per heavy atom. The zero-order chi connectivity index (χ0) is 21.9. The molecule has 29 heavy (non-hydrogen) atoms. The van der Waals surface area contributed by atoms with Gasteiger partial charge in [-0.2, -0.15) is 8.78 Å². The van der Waals surface area contributed by atoms with Gasteiger partial charge >= 0.3 is 17.7 Å². The average Bonchev–Trinajstić information content (AvgIpc) is 2.62. The van der Waals surface area contributed by atoms with E-state index in [2.05, 4.69) is 0 Å². The molecule has 0 heterocycles. The smallest absolute Gasteiger partial charge is 0.305 e. The second-order valence-corrected chi connectivity index (χ2v) is 7.24. The van der Waals surface area contributed by atoms with E-state index >= 15 is 0 Å². The third kappa shape index (κ3) is 5.07. The van der Waals surface area contributed by atoms with Crippen LogP contribution in [0.15, 0.2) is 41.3 Å². The summed E-state index contributed by atoms with van der Waals surface area (Å²) in [5.74, 6) is -3.67. The highest BCUT2D eigenvalue weighted by molar-refractivity contribution is 7.86. The van der Waals surface area contributed by atoms with Crippen LogP contribution in [-0.2, 0) is 10.8 Å². The first-order valence-corrected chi connectivity index (χ1v) is 8.91. The van der Waals surface area contributed by atoms with Crippen LogP contribution >= 0.6 is 11.6 Å². The summed E-state index contributed by atoms with van der Waals surface area (Å²) >= 11 is 5.66. The summed E-state index contributed by atoms with van der Waals surface area (Å²) in [4.78, 5) is 22.7. The maximum atomic E-state index is 14.0. The Hall–Kier alpha value is -2.60. The molecule has 0 spiro atoms. The lowest BCUT2D eigenvalue weighted by molar-refractivity contribution is -0.0602. The third-order valence-electron chi connectivity index (χ3n) is 3.32. The fraction of sp³-hybridized carbons (Fsp3) is 0.125. The lowest BCUT2D eigenvalue weighted by Crippen LogP contribution is -2.35. The van der Waals surface area contributed by atoms with Crippen LogP contribution < -0.4 is 10.6 Å². The summed E-state index contributed by atoms with van der Waals surface area (Å²) in [5, 5.41) is -1.71. The molecule has 1 atom stereocenters. The van der Waals surface area contributed by atoms with E-state index in [1.165, 1.54) is 12.1 Å². The van der Waals surface area contributed by atoms with Crippen molar-refractivity contribution < 1.29 is 40.1 Å². The van der Waals surface area contributed by atoms with Gasteiger partial charge in [-0.15, -0.1) is 0 Å². The van der Waals surface area contributed by atoms with Crippen LogP contribution in [0.4, 0.5) is 36.8 Å². The number of halogens is 7. The van der Waals surface area contributed by atoms with Gasteiger partial charge in [0.1, 0.15) is 22.4 Å². The van der Waals surface area contributed by atoms with Crippen molar-refractivity contribution in [3.63, 3.8) is 0 Å². The number of alkyl halides is 4. The number of hydrogen-bond donors (Lipinski definition) is 2. The van der Waals surface area contributed by atoms with Crippen LogP contribution in [0.3, 0.4) is 0 Å². The summed E-state index contributed by atoms with van der Waals surface area (Å²) in [6, 6.07) is 3.53. The Balaban J connectivity index is 2.14. The van der Waals surface area contributed by atoms with Gasteiger partial charge in [-0.25, -0.2) is 26.6 Å². The van der Waals surface area contributed by atoms with Gasteiger partial charge in [0.05, 0.1) is 16.3 Å². The van der Waals surface area contributed by atoms with Gasteiger partial charge in [0.25, 0.3) is 5.91 Å². The molecule has 0 aliphatic carbocycles. The van der Waals surface area contributed by atoms with Gasteiger partial charge in [0.15, 0.2) is 0 Å². The molecule has 0 bridgehead atoms. The van der Waals surface area contributed by atoms with Crippen LogP contribution in [0.25, 0.3) is 0 Å². The zero-order valence-corrected chi connectivity index (χ0v) is 15.4. The van der Waals surface area contributed by atoms with Gasteiger partial charge in [-0.3, -0.25) is 10.1 Å². The van der Waals surface area contributed by atoms with Crippen molar-refractivity contribution in [2.75, 3.05) is 5.32 Å². The van der Waals surface area contributed by atoms with Crippen LogP contribution in [0.1, 0.15) is 10.4 Å². The standard InChI is InChI=1S/C16H9ClF6N2O3S/c17-8-2-1-3-9(18)12(8)13(26)25-15(27)24-11-5-4-7(6-10(11)19)29(28)16(22,23)14(20)21/h1-6,14H,(H2,24,25,26,27). The summed E-state index contributed by atoms with van der Waals surface area (Å²) in [6.45, 7) is 0. The molecule has 0 aliphatic heterocycles. The molecule has 0 aromatic heterocycles. The number of imide groups is 1. The molecule has 1 unspecified atom stereocenters. The SMILES string of the molecule is O=C(NC(=O)c1c(F)cccc1Cl)Nc1ccc(S(=O)C(F)(F)C(F)F)cc1F. The van der Waals surface area contributed by atoms with Gasteiger partial charge < -0.3 is 5.32 Å². The van der Waals surface area contributed by atoms with Crippen molar-refractivity contribution in [3.8, 4) is 0 Å². The molecule has 0 aliphatic rings. The second-order valence-electron chi connectivity index (χ2n) is 5.28. The van der Waals surface area contributed by atoms with Crippen molar-refractivity contribution >= 4 is 40.0 Å². The molecule has 0 saturated carbocycles. The molecule has 5 nitrogen and oxygen atoms in total. The Labute approximate surface area is 166 Å². The molecule has 3 amide bonds. The van der Waals surface area contributed by atoms with E-state index in [4.69, 9.17) is 11.6 Å².